The zero-order valence-corrected chi connectivity index (χ0v) is 13.5. The highest BCUT2D eigenvalue weighted by molar-refractivity contribution is 5.77. The van der Waals surface area contributed by atoms with Crippen LogP contribution in [0.2, 0.25) is 0 Å². The molecule has 0 aromatic carbocycles. The van der Waals surface area contributed by atoms with Crippen LogP contribution in [-0.4, -0.2) is 46.5 Å². The first-order valence-electron chi connectivity index (χ1n) is 8.12. The van der Waals surface area contributed by atoms with E-state index in [0.717, 1.165) is 32.5 Å². The number of anilines is 2. The summed E-state index contributed by atoms with van der Waals surface area (Å²) in [5, 5.41) is 0. The standard InChI is InChI=1S/C16H25N5O/c1-12(2)21-11-16(7-4-14(21)22)6-3-9-20(10-16)15-18-8-5-13(17)19-15/h5,8,12H,3-4,6-7,9-11H2,1-2H3,(H2,17,18,19). The first-order valence-corrected chi connectivity index (χ1v) is 8.12. The third-order valence-corrected chi connectivity index (χ3v) is 4.93. The molecule has 0 aliphatic carbocycles. The van der Waals surface area contributed by atoms with Crippen molar-refractivity contribution in [1.82, 2.24) is 14.9 Å². The lowest BCUT2D eigenvalue weighted by atomic mass is 9.73. The molecule has 1 atom stereocenters. The van der Waals surface area contributed by atoms with E-state index in [2.05, 4.69) is 28.7 Å². The highest BCUT2D eigenvalue weighted by Crippen LogP contribution is 2.40. The summed E-state index contributed by atoms with van der Waals surface area (Å²) in [6, 6.07) is 1.98. The van der Waals surface area contributed by atoms with E-state index < -0.39 is 0 Å². The van der Waals surface area contributed by atoms with Crippen LogP contribution >= 0.6 is 0 Å². The summed E-state index contributed by atoms with van der Waals surface area (Å²) in [5.41, 5.74) is 5.96. The first-order chi connectivity index (χ1) is 10.5. The lowest BCUT2D eigenvalue weighted by Gasteiger charge is -2.49. The minimum Gasteiger partial charge on any atom is -0.384 e. The van der Waals surface area contributed by atoms with E-state index in [1.165, 1.54) is 6.42 Å². The van der Waals surface area contributed by atoms with Gasteiger partial charge in [0.25, 0.3) is 0 Å². The van der Waals surface area contributed by atoms with Crippen molar-refractivity contribution in [3.8, 4) is 0 Å². The fraction of sp³-hybridized carbons (Fsp3) is 0.688. The van der Waals surface area contributed by atoms with E-state index in [-0.39, 0.29) is 17.4 Å². The Morgan fingerprint density at radius 3 is 2.86 bits per heavy atom. The highest BCUT2D eigenvalue weighted by atomic mass is 16.2. The number of nitrogen functional groups attached to an aromatic ring is 1. The number of likely N-dealkylation sites (tertiary alicyclic amines) is 1. The maximum atomic E-state index is 12.1. The number of rotatable bonds is 2. The van der Waals surface area contributed by atoms with Crippen LogP contribution in [0, 0.1) is 5.41 Å². The Morgan fingerprint density at radius 1 is 1.32 bits per heavy atom. The number of hydrogen-bond acceptors (Lipinski definition) is 5. The Labute approximate surface area is 131 Å². The number of aromatic nitrogens is 2. The molecule has 3 rings (SSSR count). The molecule has 6 nitrogen and oxygen atoms in total. The molecule has 120 valence electrons. The highest BCUT2D eigenvalue weighted by Gasteiger charge is 2.42. The van der Waals surface area contributed by atoms with Gasteiger partial charge in [0.1, 0.15) is 5.82 Å². The van der Waals surface area contributed by atoms with Gasteiger partial charge in [-0.05, 0) is 39.2 Å². The summed E-state index contributed by atoms with van der Waals surface area (Å²) in [6.45, 7) is 6.91. The molecule has 1 amide bonds. The van der Waals surface area contributed by atoms with E-state index in [0.29, 0.717) is 18.2 Å². The monoisotopic (exact) mass is 303 g/mol. The van der Waals surface area contributed by atoms with Gasteiger partial charge < -0.3 is 15.5 Å². The maximum absolute atomic E-state index is 12.1. The van der Waals surface area contributed by atoms with Crippen molar-refractivity contribution in [2.75, 3.05) is 30.3 Å². The zero-order valence-electron chi connectivity index (χ0n) is 13.5. The molecule has 3 heterocycles. The molecule has 2 N–H and O–H groups in total. The second-order valence-corrected chi connectivity index (χ2v) is 6.92. The predicted octanol–water partition coefficient (Wildman–Crippen LogP) is 1.68. The molecule has 1 aromatic rings. The van der Waals surface area contributed by atoms with Crippen molar-refractivity contribution in [1.29, 1.82) is 0 Å². The number of amides is 1. The van der Waals surface area contributed by atoms with E-state index >= 15 is 0 Å². The Hall–Kier alpha value is -1.85. The van der Waals surface area contributed by atoms with Crippen LogP contribution in [0.5, 0.6) is 0 Å². The lowest BCUT2D eigenvalue weighted by molar-refractivity contribution is -0.140. The third-order valence-electron chi connectivity index (χ3n) is 4.93. The fourth-order valence-corrected chi connectivity index (χ4v) is 3.74. The van der Waals surface area contributed by atoms with Crippen molar-refractivity contribution in [2.24, 2.45) is 5.41 Å². The molecule has 1 spiro atoms. The van der Waals surface area contributed by atoms with Crippen LogP contribution in [0.4, 0.5) is 11.8 Å². The Bertz CT molecular complexity index is 561. The van der Waals surface area contributed by atoms with Gasteiger partial charge in [0.05, 0.1) is 0 Å². The summed E-state index contributed by atoms with van der Waals surface area (Å²) in [7, 11) is 0. The molecule has 0 radical (unpaired) electrons. The quantitative estimate of drug-likeness (QED) is 0.899. The van der Waals surface area contributed by atoms with Gasteiger partial charge in [-0.25, -0.2) is 4.98 Å². The first kappa shape index (κ1) is 15.1. The molecule has 2 fully saturated rings. The molecule has 2 aliphatic heterocycles. The number of piperidine rings is 2. The second-order valence-electron chi connectivity index (χ2n) is 6.92. The average Bonchev–Trinajstić information content (AvgIpc) is 2.50. The van der Waals surface area contributed by atoms with E-state index in [4.69, 9.17) is 5.73 Å². The molecular formula is C16H25N5O. The number of nitrogens with two attached hydrogens (primary N) is 1. The van der Waals surface area contributed by atoms with Crippen LogP contribution in [-0.2, 0) is 4.79 Å². The van der Waals surface area contributed by atoms with E-state index in [1.807, 2.05) is 4.90 Å². The van der Waals surface area contributed by atoms with Gasteiger partial charge in [0.15, 0.2) is 0 Å². The van der Waals surface area contributed by atoms with Crippen LogP contribution in [0.25, 0.3) is 0 Å². The number of carbonyl (C=O) groups excluding carboxylic acids is 1. The van der Waals surface area contributed by atoms with Crippen molar-refractivity contribution in [3.63, 3.8) is 0 Å². The Morgan fingerprint density at radius 2 is 2.14 bits per heavy atom. The normalized spacial score (nSPS) is 26.0. The molecule has 6 heteroatoms. The molecular weight excluding hydrogens is 278 g/mol. The van der Waals surface area contributed by atoms with Crippen LogP contribution in [0.3, 0.4) is 0 Å². The number of hydrogen-bond donors (Lipinski definition) is 1. The molecule has 1 aromatic heterocycles. The number of carbonyl (C=O) groups is 1. The van der Waals surface area contributed by atoms with Crippen LogP contribution < -0.4 is 10.6 Å². The topological polar surface area (TPSA) is 75.3 Å². The molecule has 22 heavy (non-hydrogen) atoms. The minimum atomic E-state index is 0.171. The summed E-state index contributed by atoms with van der Waals surface area (Å²) in [4.78, 5) is 25.1. The van der Waals surface area contributed by atoms with Crippen LogP contribution in [0.15, 0.2) is 12.3 Å². The molecule has 2 aliphatic rings. The third kappa shape index (κ3) is 2.87. The largest absolute Gasteiger partial charge is 0.384 e. The summed E-state index contributed by atoms with van der Waals surface area (Å²) >= 11 is 0. The predicted molar refractivity (Wildman–Crippen MR) is 86.4 cm³/mol. The van der Waals surface area contributed by atoms with Crippen molar-refractivity contribution in [3.05, 3.63) is 12.3 Å². The van der Waals surface area contributed by atoms with E-state index in [9.17, 15) is 4.79 Å². The fourth-order valence-electron chi connectivity index (χ4n) is 3.74. The van der Waals surface area contributed by atoms with Gasteiger partial charge in [-0.1, -0.05) is 0 Å². The van der Waals surface area contributed by atoms with Gasteiger partial charge in [-0.15, -0.1) is 0 Å². The Balaban J connectivity index is 1.79. The van der Waals surface area contributed by atoms with Gasteiger partial charge in [-0.2, -0.15) is 4.98 Å². The van der Waals surface area contributed by atoms with Crippen molar-refractivity contribution < 1.29 is 4.79 Å². The van der Waals surface area contributed by atoms with Crippen molar-refractivity contribution >= 4 is 17.7 Å². The van der Waals surface area contributed by atoms with E-state index in [1.54, 1.807) is 12.3 Å². The second kappa shape index (κ2) is 5.74. The van der Waals surface area contributed by atoms with Gasteiger partial charge >= 0.3 is 0 Å². The zero-order chi connectivity index (χ0) is 15.7. The average molecular weight is 303 g/mol. The van der Waals surface area contributed by atoms with Gasteiger partial charge in [-0.3, -0.25) is 4.79 Å². The summed E-state index contributed by atoms with van der Waals surface area (Å²) < 4.78 is 0. The Kier molecular flexibility index (Phi) is 3.93. The summed E-state index contributed by atoms with van der Waals surface area (Å²) in [6.07, 6.45) is 5.61. The van der Waals surface area contributed by atoms with Crippen LogP contribution in [0.1, 0.15) is 39.5 Å². The lowest BCUT2D eigenvalue weighted by Crippen LogP contribution is -2.55. The molecule has 0 saturated carbocycles. The minimum absolute atomic E-state index is 0.171. The SMILES string of the molecule is CC(C)N1CC2(CCCN(c3nccc(N)n3)C2)CCC1=O. The summed E-state index contributed by atoms with van der Waals surface area (Å²) in [5.74, 6) is 1.51. The van der Waals surface area contributed by atoms with Gasteiger partial charge in [0.2, 0.25) is 11.9 Å². The smallest absolute Gasteiger partial charge is 0.227 e. The van der Waals surface area contributed by atoms with Gasteiger partial charge in [0, 0.05) is 43.7 Å². The molecule has 0 bridgehead atoms. The maximum Gasteiger partial charge on any atom is 0.227 e. The number of nitrogens with zero attached hydrogens (tertiary/aromatic N) is 4. The van der Waals surface area contributed by atoms with Crippen molar-refractivity contribution in [2.45, 2.75) is 45.6 Å². The molecule has 2 saturated heterocycles. The molecule has 1 unspecified atom stereocenters.